The molecule has 7 aromatic carbocycles. The van der Waals surface area contributed by atoms with Crippen molar-refractivity contribution in [3.05, 3.63) is 194 Å². The minimum absolute atomic E-state index is 0.117. The molecule has 0 saturated carbocycles. The van der Waals surface area contributed by atoms with Gasteiger partial charge >= 0.3 is 0 Å². The first-order chi connectivity index (χ1) is 28.9. The summed E-state index contributed by atoms with van der Waals surface area (Å²) in [4.78, 5) is 0. The van der Waals surface area contributed by atoms with Gasteiger partial charge in [0.15, 0.2) is 0 Å². The summed E-state index contributed by atoms with van der Waals surface area (Å²) in [6.07, 6.45) is -0.672. The van der Waals surface area contributed by atoms with Gasteiger partial charge in [-0.3, -0.25) is 0 Å². The van der Waals surface area contributed by atoms with Gasteiger partial charge < -0.3 is 9.13 Å². The van der Waals surface area contributed by atoms with E-state index in [9.17, 15) is 15.1 Å². The van der Waals surface area contributed by atoms with Crippen molar-refractivity contribution in [2.45, 2.75) is 0 Å². The average molecular weight is 625 g/mol. The molecule has 0 amide bonds. The Morgan fingerprint density at radius 3 is 1.12 bits per heavy atom. The van der Waals surface area contributed by atoms with Crippen LogP contribution >= 0.6 is 0 Å². The summed E-state index contributed by atoms with van der Waals surface area (Å²) in [5, 5.41) is 0.234. The molecule has 0 aliphatic rings. The zero-order chi connectivity index (χ0) is 42.3. The summed E-state index contributed by atoms with van der Waals surface area (Å²) in [7, 11) is 0. The zero-order valence-electron chi connectivity index (χ0n) is 37.4. The topological polar surface area (TPSA) is 9.86 Å². The summed E-state index contributed by atoms with van der Waals surface area (Å²) in [6.45, 7) is 0. The van der Waals surface area contributed by atoms with E-state index in [1.54, 1.807) is 121 Å². The standard InChI is InChI=1S/C46H32N2/c1-5-14-33(15-6-1)37-24-26-45-41(28-37)43(35-18-9-3-10-19-35)31-47(45)39-22-13-23-40(30-39)48-32-44(36-20-11-4-12-21-36)42-29-38(25-27-46(42)48)34-16-7-2-8-17-34/h1-32H/i13D,22D,23D,24D,25D,26D,27D,28D,29D,30D,31D,32D. The number of hydrogen-bond donors (Lipinski definition) is 0. The van der Waals surface area contributed by atoms with E-state index in [1.807, 2.05) is 0 Å². The van der Waals surface area contributed by atoms with E-state index in [-0.39, 0.29) is 80.6 Å². The summed E-state index contributed by atoms with van der Waals surface area (Å²) in [5.74, 6) is 0. The first kappa shape index (κ1) is 18.1. The van der Waals surface area contributed by atoms with Crippen LogP contribution in [0.15, 0.2) is 194 Å². The van der Waals surface area contributed by atoms with Crippen molar-refractivity contribution in [2.75, 3.05) is 0 Å². The Morgan fingerprint density at radius 2 is 0.729 bits per heavy atom. The Bertz CT molecular complexity index is 2990. The third-order valence-corrected chi connectivity index (χ3v) is 8.28. The second-order valence-corrected chi connectivity index (χ2v) is 11.3. The maximum Gasteiger partial charge on any atom is 0.0829 e. The molecule has 0 fully saturated rings. The second-order valence-electron chi connectivity index (χ2n) is 11.3. The smallest absolute Gasteiger partial charge is 0.0829 e. The van der Waals surface area contributed by atoms with Crippen LogP contribution in [0.4, 0.5) is 0 Å². The number of hydrogen-bond acceptors (Lipinski definition) is 0. The third kappa shape index (κ3) is 4.92. The predicted octanol–water partition coefficient (Wildman–Crippen LogP) is 12.2. The lowest BCUT2D eigenvalue weighted by atomic mass is 10.00. The third-order valence-electron chi connectivity index (χ3n) is 8.28. The van der Waals surface area contributed by atoms with Gasteiger partial charge in [-0.05, 0) is 75.7 Å². The van der Waals surface area contributed by atoms with E-state index in [4.69, 9.17) is 1.37 Å². The van der Waals surface area contributed by atoms with E-state index in [1.165, 1.54) is 0 Å². The maximum absolute atomic E-state index is 9.84. The molecule has 0 atom stereocenters. The molecule has 0 N–H and O–H groups in total. The van der Waals surface area contributed by atoms with Crippen LogP contribution in [0.25, 0.3) is 77.7 Å². The van der Waals surface area contributed by atoms with Crippen molar-refractivity contribution >= 4 is 21.8 Å². The molecule has 48 heavy (non-hydrogen) atoms. The molecule has 0 aliphatic heterocycles. The minimum atomic E-state index is -0.685. The molecule has 0 bridgehead atoms. The summed E-state index contributed by atoms with van der Waals surface area (Å²) >= 11 is 0. The quantitative estimate of drug-likeness (QED) is 0.174. The van der Waals surface area contributed by atoms with Crippen molar-refractivity contribution in [2.24, 2.45) is 0 Å². The number of nitrogens with zero attached hydrogens (tertiary/aromatic N) is 2. The van der Waals surface area contributed by atoms with Gasteiger partial charge in [-0.1, -0.05) is 139 Å². The molecule has 9 aromatic rings. The fraction of sp³-hybridized carbons (Fsp3) is 0. The van der Waals surface area contributed by atoms with Crippen LogP contribution in [0.3, 0.4) is 0 Å². The molecule has 2 heterocycles. The molecular formula is C46H32N2. The maximum atomic E-state index is 9.84. The molecule has 0 aliphatic carbocycles. The highest BCUT2D eigenvalue weighted by Gasteiger charge is 2.16. The molecule has 2 aromatic heterocycles. The van der Waals surface area contributed by atoms with E-state index in [0.717, 1.165) is 9.13 Å². The van der Waals surface area contributed by atoms with Crippen molar-refractivity contribution in [1.82, 2.24) is 9.13 Å². The number of fused-ring (bicyclic) bond motifs is 2. The first-order valence-electron chi connectivity index (χ1n) is 21.5. The summed E-state index contributed by atoms with van der Waals surface area (Å²) in [5.41, 5.74) is 1.66. The Kier molecular flexibility index (Phi) is 4.43. The first-order valence-corrected chi connectivity index (χ1v) is 15.5. The van der Waals surface area contributed by atoms with E-state index in [0.29, 0.717) is 22.3 Å². The van der Waals surface area contributed by atoms with Crippen LogP contribution in [0, 0.1) is 0 Å². The van der Waals surface area contributed by atoms with Gasteiger partial charge in [0.1, 0.15) is 0 Å². The van der Waals surface area contributed by atoms with Gasteiger partial charge in [0.2, 0.25) is 0 Å². The highest BCUT2D eigenvalue weighted by molar-refractivity contribution is 6.01. The minimum Gasteiger partial charge on any atom is -0.316 e. The van der Waals surface area contributed by atoms with Crippen molar-refractivity contribution in [3.8, 4) is 55.9 Å². The average Bonchev–Trinajstić information content (AvgIpc) is 3.74. The normalized spacial score (nSPS) is 14.8. The van der Waals surface area contributed by atoms with Crippen LogP contribution in [0.1, 0.15) is 16.4 Å². The molecule has 0 radical (unpaired) electrons. The number of rotatable bonds is 6. The van der Waals surface area contributed by atoms with Crippen molar-refractivity contribution in [1.29, 1.82) is 0 Å². The van der Waals surface area contributed by atoms with Gasteiger partial charge in [-0.15, -0.1) is 0 Å². The van der Waals surface area contributed by atoms with Gasteiger partial charge in [0, 0.05) is 45.6 Å². The fourth-order valence-corrected chi connectivity index (χ4v) is 5.95. The van der Waals surface area contributed by atoms with Crippen LogP contribution in [0.2, 0.25) is 0 Å². The fourth-order valence-electron chi connectivity index (χ4n) is 5.95. The lowest BCUT2D eigenvalue weighted by Crippen LogP contribution is -1.96. The molecule has 0 spiro atoms. The van der Waals surface area contributed by atoms with Crippen LogP contribution in [0.5, 0.6) is 0 Å². The Morgan fingerprint density at radius 1 is 0.354 bits per heavy atom. The highest BCUT2D eigenvalue weighted by atomic mass is 15.0. The molecule has 9 rings (SSSR count). The van der Waals surface area contributed by atoms with Crippen molar-refractivity contribution in [3.63, 3.8) is 0 Å². The van der Waals surface area contributed by atoms with Gasteiger partial charge in [-0.2, -0.15) is 0 Å². The molecule has 226 valence electrons. The Labute approximate surface area is 297 Å². The molecule has 0 saturated heterocycles. The Hall–Kier alpha value is -6.38. The van der Waals surface area contributed by atoms with Gasteiger partial charge in [-0.25, -0.2) is 0 Å². The van der Waals surface area contributed by atoms with Gasteiger partial charge in [0.25, 0.3) is 0 Å². The van der Waals surface area contributed by atoms with Crippen LogP contribution < -0.4 is 0 Å². The van der Waals surface area contributed by atoms with E-state index < -0.39 is 47.6 Å². The number of aromatic nitrogens is 2. The SMILES string of the molecule is [2H]c1c([2H])c(-n2c([2H])c(-c3ccccc3)c3c([2H])c(-c4ccccc4)c([2H])c([2H])c32)c([2H])c(-n2c([2H])c(-c3ccccc3)c3c([2H])c(-c4ccccc4)c([2H])c([2H])c32)c1[2H]. The monoisotopic (exact) mass is 624 g/mol. The second kappa shape index (κ2) is 11.8. The molecule has 0 unspecified atom stereocenters. The van der Waals surface area contributed by atoms with E-state index >= 15 is 0 Å². The lowest BCUT2D eigenvalue weighted by Gasteiger charge is -2.11. The molecule has 2 nitrogen and oxygen atoms in total. The largest absolute Gasteiger partial charge is 0.316 e. The molecular weight excluding hydrogens is 581 g/mol. The van der Waals surface area contributed by atoms with Crippen LogP contribution in [-0.2, 0) is 0 Å². The summed E-state index contributed by atoms with van der Waals surface area (Å²) < 4.78 is 115. The van der Waals surface area contributed by atoms with Gasteiger partial charge in [0.05, 0.1) is 27.5 Å². The van der Waals surface area contributed by atoms with E-state index in [2.05, 4.69) is 0 Å². The lowest BCUT2D eigenvalue weighted by molar-refractivity contribution is 1.09. The van der Waals surface area contributed by atoms with Crippen molar-refractivity contribution < 1.29 is 16.4 Å². The molecule has 2 heteroatoms. The van der Waals surface area contributed by atoms with Crippen LogP contribution in [-0.4, -0.2) is 9.13 Å². The summed E-state index contributed by atoms with van der Waals surface area (Å²) in [6, 6.07) is 30.7. The zero-order valence-corrected chi connectivity index (χ0v) is 25.4. The number of benzene rings is 7. The highest BCUT2D eigenvalue weighted by Crippen LogP contribution is 2.38. The Balaban J connectivity index is 1.45. The predicted molar refractivity (Wildman–Crippen MR) is 202 cm³/mol.